The van der Waals surface area contributed by atoms with E-state index in [1.54, 1.807) is 6.20 Å². The highest BCUT2D eigenvalue weighted by molar-refractivity contribution is 9.10. The molecule has 0 bridgehead atoms. The number of nitrogen functional groups attached to an aromatic ring is 1. The lowest BCUT2D eigenvalue weighted by Crippen LogP contribution is -2.09. The number of pyridine rings is 1. The van der Waals surface area contributed by atoms with Crippen LogP contribution in [0.25, 0.3) is 5.69 Å². The molecule has 6 heteroatoms. The van der Waals surface area contributed by atoms with Crippen LogP contribution in [-0.4, -0.2) is 14.8 Å². The zero-order valence-electron chi connectivity index (χ0n) is 9.03. The van der Waals surface area contributed by atoms with Crippen LogP contribution in [0.2, 0.25) is 0 Å². The molecule has 5 nitrogen and oxygen atoms in total. The molecule has 0 spiro atoms. The first-order valence-corrected chi connectivity index (χ1v) is 5.57. The molecule has 3 N–H and O–H groups in total. The average Bonchev–Trinajstić information content (AvgIpc) is 2.57. The molecule has 0 aliphatic heterocycles. The lowest BCUT2D eigenvalue weighted by molar-refractivity contribution is 0.831. The van der Waals surface area contributed by atoms with E-state index in [-0.39, 0.29) is 0 Å². The van der Waals surface area contributed by atoms with Crippen molar-refractivity contribution >= 4 is 21.7 Å². The van der Waals surface area contributed by atoms with Gasteiger partial charge in [-0.1, -0.05) is 0 Å². The van der Waals surface area contributed by atoms with Crippen LogP contribution >= 0.6 is 15.9 Å². The van der Waals surface area contributed by atoms with E-state index >= 15 is 0 Å². The van der Waals surface area contributed by atoms with Crippen molar-refractivity contribution in [3.8, 4) is 5.69 Å². The van der Waals surface area contributed by atoms with E-state index in [2.05, 4.69) is 31.4 Å². The van der Waals surface area contributed by atoms with Crippen LogP contribution in [0.1, 0.15) is 11.4 Å². The first-order valence-electron chi connectivity index (χ1n) is 4.78. The maximum atomic E-state index is 5.32. The van der Waals surface area contributed by atoms with Gasteiger partial charge in [0.15, 0.2) is 0 Å². The van der Waals surface area contributed by atoms with E-state index in [9.17, 15) is 0 Å². The Kier molecular flexibility index (Phi) is 2.93. The molecule has 2 aromatic rings. The van der Waals surface area contributed by atoms with E-state index in [1.165, 1.54) is 0 Å². The molecule has 0 atom stereocenters. The van der Waals surface area contributed by atoms with Crippen LogP contribution in [0.15, 0.2) is 22.8 Å². The van der Waals surface area contributed by atoms with Gasteiger partial charge >= 0.3 is 0 Å². The second-order valence-corrected chi connectivity index (χ2v) is 4.23. The first kappa shape index (κ1) is 11.1. The van der Waals surface area contributed by atoms with Crippen LogP contribution in [0.5, 0.6) is 0 Å². The summed E-state index contributed by atoms with van der Waals surface area (Å²) in [6, 6.07) is 3.72. The van der Waals surface area contributed by atoms with Gasteiger partial charge < -0.3 is 5.43 Å². The summed E-state index contributed by atoms with van der Waals surface area (Å²) in [6.07, 6.45) is 1.69. The largest absolute Gasteiger partial charge is 0.308 e. The summed E-state index contributed by atoms with van der Waals surface area (Å²) in [7, 11) is 0. The van der Waals surface area contributed by atoms with Crippen LogP contribution in [0.3, 0.4) is 0 Å². The van der Waals surface area contributed by atoms with E-state index in [1.807, 2.05) is 30.7 Å². The molecule has 16 heavy (non-hydrogen) atoms. The van der Waals surface area contributed by atoms with Gasteiger partial charge in [-0.15, -0.1) is 0 Å². The van der Waals surface area contributed by atoms with Crippen LogP contribution < -0.4 is 11.3 Å². The number of hydrazine groups is 1. The Balaban J connectivity index is 2.54. The van der Waals surface area contributed by atoms with E-state index in [0.29, 0.717) is 5.82 Å². The molecule has 84 valence electrons. The third-order valence-electron chi connectivity index (χ3n) is 2.34. The van der Waals surface area contributed by atoms with Crippen LogP contribution in [-0.2, 0) is 0 Å². The van der Waals surface area contributed by atoms with Gasteiger partial charge in [-0.3, -0.25) is 0 Å². The van der Waals surface area contributed by atoms with Gasteiger partial charge in [0, 0.05) is 12.3 Å². The van der Waals surface area contributed by atoms with Gasteiger partial charge in [-0.05, 0) is 35.8 Å². The molecule has 2 heterocycles. The third kappa shape index (κ3) is 1.81. The monoisotopic (exact) mass is 281 g/mol. The Morgan fingerprint density at radius 2 is 2.19 bits per heavy atom. The quantitative estimate of drug-likeness (QED) is 0.652. The van der Waals surface area contributed by atoms with E-state index in [4.69, 9.17) is 5.84 Å². The molecule has 0 radical (unpaired) electrons. The third-order valence-corrected chi connectivity index (χ3v) is 3.49. The second-order valence-electron chi connectivity index (χ2n) is 3.44. The molecular formula is C10H12BrN5. The van der Waals surface area contributed by atoms with Crippen molar-refractivity contribution in [1.29, 1.82) is 0 Å². The average molecular weight is 282 g/mol. The molecule has 0 aliphatic carbocycles. The Labute approximate surface area is 102 Å². The molecule has 0 saturated carbocycles. The van der Waals surface area contributed by atoms with Crippen molar-refractivity contribution < 1.29 is 0 Å². The number of hydrogen-bond donors (Lipinski definition) is 2. The van der Waals surface area contributed by atoms with Gasteiger partial charge in [0.25, 0.3) is 0 Å². The number of nitrogens with one attached hydrogen (secondary N) is 1. The van der Waals surface area contributed by atoms with E-state index < -0.39 is 0 Å². The van der Waals surface area contributed by atoms with Crippen molar-refractivity contribution in [2.75, 3.05) is 5.43 Å². The maximum Gasteiger partial charge on any atom is 0.142 e. The molecular weight excluding hydrogens is 270 g/mol. The Bertz CT molecular complexity index is 520. The van der Waals surface area contributed by atoms with Crippen molar-refractivity contribution in [2.45, 2.75) is 13.8 Å². The summed E-state index contributed by atoms with van der Waals surface area (Å²) in [5.41, 5.74) is 5.44. The predicted molar refractivity (Wildman–Crippen MR) is 66.3 cm³/mol. The predicted octanol–water partition coefficient (Wildman–Crippen LogP) is 1.93. The van der Waals surface area contributed by atoms with E-state index in [0.717, 1.165) is 21.5 Å². The van der Waals surface area contributed by atoms with Crippen molar-refractivity contribution in [2.24, 2.45) is 5.84 Å². The molecule has 0 amide bonds. The molecule has 0 saturated heterocycles. The number of anilines is 1. The fourth-order valence-electron chi connectivity index (χ4n) is 1.51. The van der Waals surface area contributed by atoms with Crippen molar-refractivity contribution in [3.63, 3.8) is 0 Å². The summed E-state index contributed by atoms with van der Waals surface area (Å²) < 4.78 is 2.87. The highest BCUT2D eigenvalue weighted by Crippen LogP contribution is 2.23. The fourth-order valence-corrected chi connectivity index (χ4v) is 1.75. The molecule has 0 aliphatic rings. The molecule has 0 fully saturated rings. The maximum absolute atomic E-state index is 5.32. The molecule has 2 rings (SSSR count). The lowest BCUT2D eigenvalue weighted by atomic mass is 10.3. The highest BCUT2D eigenvalue weighted by Gasteiger charge is 2.10. The van der Waals surface area contributed by atoms with Gasteiger partial charge in [0.05, 0.1) is 21.5 Å². The summed E-state index contributed by atoms with van der Waals surface area (Å²) in [5, 5.41) is 4.43. The van der Waals surface area contributed by atoms with Crippen LogP contribution in [0.4, 0.5) is 5.82 Å². The summed E-state index contributed by atoms with van der Waals surface area (Å²) in [4.78, 5) is 4.05. The number of halogens is 1. The standard InChI is InChI=1S/C10H12BrN5/c1-6-10(11)7(2)16(15-6)8-3-4-13-9(5-8)14-12/h3-5H,12H2,1-2H3,(H,13,14). The van der Waals surface area contributed by atoms with Crippen molar-refractivity contribution in [3.05, 3.63) is 34.2 Å². The Morgan fingerprint density at radius 1 is 1.44 bits per heavy atom. The highest BCUT2D eigenvalue weighted by atomic mass is 79.9. The number of aromatic nitrogens is 3. The van der Waals surface area contributed by atoms with Crippen LogP contribution in [0, 0.1) is 13.8 Å². The van der Waals surface area contributed by atoms with Gasteiger partial charge in [0.2, 0.25) is 0 Å². The molecule has 2 aromatic heterocycles. The Hall–Kier alpha value is -1.40. The lowest BCUT2D eigenvalue weighted by Gasteiger charge is -2.05. The van der Waals surface area contributed by atoms with Gasteiger partial charge in [0.1, 0.15) is 5.82 Å². The van der Waals surface area contributed by atoms with Gasteiger partial charge in [-0.2, -0.15) is 5.10 Å². The normalized spacial score (nSPS) is 10.5. The zero-order chi connectivity index (χ0) is 11.7. The minimum absolute atomic E-state index is 0.612. The zero-order valence-corrected chi connectivity index (χ0v) is 10.6. The second kappa shape index (κ2) is 4.23. The fraction of sp³-hybridized carbons (Fsp3) is 0.200. The first-order chi connectivity index (χ1) is 7.63. The number of aryl methyl sites for hydroxylation is 1. The summed E-state index contributed by atoms with van der Waals surface area (Å²) in [6.45, 7) is 3.96. The number of rotatable bonds is 2. The SMILES string of the molecule is Cc1nn(-c2ccnc(NN)c2)c(C)c1Br. The minimum atomic E-state index is 0.612. The number of hydrogen-bond acceptors (Lipinski definition) is 4. The number of nitrogens with two attached hydrogens (primary N) is 1. The van der Waals surface area contributed by atoms with Gasteiger partial charge in [-0.25, -0.2) is 15.5 Å². The minimum Gasteiger partial charge on any atom is -0.308 e. The smallest absolute Gasteiger partial charge is 0.142 e. The summed E-state index contributed by atoms with van der Waals surface area (Å²) >= 11 is 3.49. The topological polar surface area (TPSA) is 68.8 Å². The Morgan fingerprint density at radius 3 is 2.75 bits per heavy atom. The summed E-state index contributed by atoms with van der Waals surface area (Å²) in [5.74, 6) is 5.93. The molecule has 0 unspecified atom stereocenters. The van der Waals surface area contributed by atoms with Crippen molar-refractivity contribution in [1.82, 2.24) is 14.8 Å². The molecule has 0 aromatic carbocycles. The number of nitrogens with zero attached hydrogens (tertiary/aromatic N) is 3.